The molecule has 1 rings (SSSR count). The van der Waals surface area contributed by atoms with Crippen LogP contribution in [0.2, 0.25) is 0 Å². The van der Waals surface area contributed by atoms with E-state index in [2.05, 4.69) is 42.9 Å². The fourth-order valence-corrected chi connectivity index (χ4v) is 3.37. The highest BCUT2D eigenvalue weighted by atomic mass is 32.2. The molecule has 90 valence electrons. The fourth-order valence-electron chi connectivity index (χ4n) is 2.05. The number of rotatable bonds is 6. The van der Waals surface area contributed by atoms with Crippen LogP contribution in [0.25, 0.3) is 0 Å². The van der Waals surface area contributed by atoms with Crippen LogP contribution in [-0.2, 0) is 0 Å². The first-order valence-corrected chi connectivity index (χ1v) is 7.24. The molecule has 1 N–H and O–H groups in total. The van der Waals surface area contributed by atoms with Gasteiger partial charge in [0.2, 0.25) is 0 Å². The molecule has 0 spiro atoms. The lowest BCUT2D eigenvalue weighted by Gasteiger charge is -2.24. The molecule has 2 nitrogen and oxygen atoms in total. The summed E-state index contributed by atoms with van der Waals surface area (Å²) in [6.07, 6.45) is 2.72. The van der Waals surface area contributed by atoms with Crippen molar-refractivity contribution in [1.82, 2.24) is 10.2 Å². The van der Waals surface area contributed by atoms with Crippen LogP contribution < -0.4 is 5.32 Å². The van der Waals surface area contributed by atoms with Crippen LogP contribution >= 0.6 is 11.8 Å². The van der Waals surface area contributed by atoms with Crippen LogP contribution in [0, 0.1) is 5.92 Å². The molecule has 1 aliphatic heterocycles. The number of thioether (sulfide) groups is 1. The Morgan fingerprint density at radius 2 is 2.00 bits per heavy atom. The molecule has 0 aromatic rings. The van der Waals surface area contributed by atoms with Gasteiger partial charge in [-0.25, -0.2) is 0 Å². The zero-order chi connectivity index (χ0) is 11.1. The van der Waals surface area contributed by atoms with Gasteiger partial charge in [0.15, 0.2) is 0 Å². The van der Waals surface area contributed by atoms with E-state index in [0.29, 0.717) is 0 Å². The van der Waals surface area contributed by atoms with Crippen LogP contribution in [0.5, 0.6) is 0 Å². The summed E-state index contributed by atoms with van der Waals surface area (Å²) in [6.45, 7) is 9.49. The van der Waals surface area contributed by atoms with Crippen molar-refractivity contribution in [2.75, 3.05) is 39.0 Å². The number of hydrogen-bond donors (Lipinski definition) is 1. The monoisotopic (exact) mass is 230 g/mol. The van der Waals surface area contributed by atoms with E-state index in [9.17, 15) is 0 Å². The maximum Gasteiger partial charge on any atom is 0.00716 e. The van der Waals surface area contributed by atoms with Gasteiger partial charge in [-0.2, -0.15) is 11.8 Å². The second kappa shape index (κ2) is 7.53. The molecule has 1 heterocycles. The molecule has 0 saturated carbocycles. The minimum Gasteiger partial charge on any atom is -0.317 e. The summed E-state index contributed by atoms with van der Waals surface area (Å²) in [4.78, 5) is 2.46. The number of piperidine rings is 1. The van der Waals surface area contributed by atoms with Gasteiger partial charge in [-0.3, -0.25) is 0 Å². The third-order valence-electron chi connectivity index (χ3n) is 2.79. The van der Waals surface area contributed by atoms with Crippen molar-refractivity contribution in [1.29, 1.82) is 0 Å². The first kappa shape index (κ1) is 13.3. The van der Waals surface area contributed by atoms with Gasteiger partial charge in [-0.05, 0) is 38.9 Å². The smallest absolute Gasteiger partial charge is 0.00716 e. The second-order valence-corrected chi connectivity index (χ2v) is 6.38. The van der Waals surface area contributed by atoms with Gasteiger partial charge in [0.1, 0.15) is 0 Å². The molecule has 0 aromatic carbocycles. The molecule has 0 radical (unpaired) electrons. The molecule has 0 amide bonds. The summed E-state index contributed by atoms with van der Waals surface area (Å²) in [5.74, 6) is 2.09. The molecule has 15 heavy (non-hydrogen) atoms. The summed E-state index contributed by atoms with van der Waals surface area (Å²) >= 11 is 2.17. The van der Waals surface area contributed by atoms with Crippen LogP contribution in [-0.4, -0.2) is 49.1 Å². The van der Waals surface area contributed by atoms with Gasteiger partial charge < -0.3 is 10.2 Å². The van der Waals surface area contributed by atoms with E-state index in [1.54, 1.807) is 0 Å². The minimum atomic E-state index is 0.791. The average Bonchev–Trinajstić information content (AvgIpc) is 2.18. The maximum absolute atomic E-state index is 3.42. The first-order chi connectivity index (χ1) is 7.18. The predicted molar refractivity (Wildman–Crippen MR) is 70.7 cm³/mol. The number of hydrogen-bond acceptors (Lipinski definition) is 3. The van der Waals surface area contributed by atoms with Crippen LogP contribution in [0.1, 0.15) is 26.7 Å². The van der Waals surface area contributed by atoms with E-state index in [4.69, 9.17) is 0 Å². The van der Waals surface area contributed by atoms with Crippen molar-refractivity contribution < 1.29 is 0 Å². The van der Waals surface area contributed by atoms with Crippen molar-refractivity contribution in [3.63, 3.8) is 0 Å². The number of nitrogens with zero attached hydrogens (tertiary/aromatic N) is 1. The highest BCUT2D eigenvalue weighted by Gasteiger charge is 2.13. The van der Waals surface area contributed by atoms with E-state index in [0.717, 1.165) is 11.2 Å². The minimum absolute atomic E-state index is 0.791. The molecular formula is C12H26N2S. The van der Waals surface area contributed by atoms with E-state index in [1.807, 2.05) is 0 Å². The highest BCUT2D eigenvalue weighted by Crippen LogP contribution is 2.19. The molecule has 1 saturated heterocycles. The highest BCUT2D eigenvalue weighted by molar-refractivity contribution is 7.99. The molecule has 0 atom stereocenters. The lowest BCUT2D eigenvalue weighted by molar-refractivity contribution is 0.312. The van der Waals surface area contributed by atoms with Gasteiger partial charge in [0.25, 0.3) is 0 Å². The molecular weight excluding hydrogens is 204 g/mol. The molecule has 0 aromatic heterocycles. The van der Waals surface area contributed by atoms with Crippen LogP contribution in [0.15, 0.2) is 0 Å². The first-order valence-electron chi connectivity index (χ1n) is 6.19. The van der Waals surface area contributed by atoms with Gasteiger partial charge in [0, 0.05) is 24.1 Å². The summed E-state index contributed by atoms with van der Waals surface area (Å²) < 4.78 is 0. The normalized spacial score (nSPS) is 19.0. The van der Waals surface area contributed by atoms with E-state index < -0.39 is 0 Å². The Morgan fingerprint density at radius 1 is 1.33 bits per heavy atom. The standard InChI is InChI=1S/C12H26N2S/c1-11(2)10-14(3)8-9-15-12-4-6-13-7-5-12/h11-13H,4-10H2,1-3H3. The molecule has 1 aliphatic rings. The Morgan fingerprint density at radius 3 is 2.60 bits per heavy atom. The molecule has 0 unspecified atom stereocenters. The molecule has 3 heteroatoms. The predicted octanol–water partition coefficient (Wildman–Crippen LogP) is 2.06. The molecule has 0 bridgehead atoms. The summed E-state index contributed by atoms with van der Waals surface area (Å²) in [5.41, 5.74) is 0. The lowest BCUT2D eigenvalue weighted by Crippen LogP contribution is -2.30. The van der Waals surface area contributed by atoms with E-state index in [1.165, 1.54) is 44.8 Å². The summed E-state index contributed by atoms with van der Waals surface area (Å²) in [5, 5.41) is 4.33. The molecule has 1 fully saturated rings. The van der Waals surface area contributed by atoms with Crippen molar-refractivity contribution >= 4 is 11.8 Å². The van der Waals surface area contributed by atoms with Crippen molar-refractivity contribution in [3.05, 3.63) is 0 Å². The van der Waals surface area contributed by atoms with Crippen molar-refractivity contribution in [2.24, 2.45) is 5.92 Å². The quantitative estimate of drug-likeness (QED) is 0.752. The summed E-state index contributed by atoms with van der Waals surface area (Å²) in [7, 11) is 2.24. The molecule has 0 aliphatic carbocycles. The fraction of sp³-hybridized carbons (Fsp3) is 1.00. The van der Waals surface area contributed by atoms with E-state index in [-0.39, 0.29) is 0 Å². The lowest BCUT2D eigenvalue weighted by atomic mass is 10.2. The van der Waals surface area contributed by atoms with Gasteiger partial charge >= 0.3 is 0 Å². The summed E-state index contributed by atoms with van der Waals surface area (Å²) in [6, 6.07) is 0. The third kappa shape index (κ3) is 6.44. The Bertz CT molecular complexity index is 156. The largest absolute Gasteiger partial charge is 0.317 e. The average molecular weight is 230 g/mol. The third-order valence-corrected chi connectivity index (χ3v) is 4.15. The zero-order valence-corrected chi connectivity index (χ0v) is 11.3. The Balaban J connectivity index is 1.99. The van der Waals surface area contributed by atoms with Crippen LogP contribution in [0.4, 0.5) is 0 Å². The van der Waals surface area contributed by atoms with Gasteiger partial charge in [0.05, 0.1) is 0 Å². The Labute approximate surface area is 99.2 Å². The zero-order valence-electron chi connectivity index (χ0n) is 10.5. The number of nitrogens with one attached hydrogen (secondary N) is 1. The maximum atomic E-state index is 3.42. The van der Waals surface area contributed by atoms with Gasteiger partial charge in [-0.15, -0.1) is 0 Å². The SMILES string of the molecule is CC(C)CN(C)CCSC1CCNCC1. The van der Waals surface area contributed by atoms with Gasteiger partial charge in [-0.1, -0.05) is 13.8 Å². The van der Waals surface area contributed by atoms with Crippen molar-refractivity contribution in [2.45, 2.75) is 31.9 Å². The Hall–Kier alpha value is 0.270. The van der Waals surface area contributed by atoms with E-state index >= 15 is 0 Å². The Kier molecular flexibility index (Phi) is 6.69. The second-order valence-electron chi connectivity index (χ2n) is 4.98. The van der Waals surface area contributed by atoms with Crippen LogP contribution in [0.3, 0.4) is 0 Å². The topological polar surface area (TPSA) is 15.3 Å². The van der Waals surface area contributed by atoms with Crippen molar-refractivity contribution in [3.8, 4) is 0 Å².